The molecule has 206 valence electrons. The predicted octanol–water partition coefficient (Wildman–Crippen LogP) is 2.71. The highest BCUT2D eigenvalue weighted by atomic mass is 32.1. The van der Waals surface area contributed by atoms with Crippen LogP contribution in [0.3, 0.4) is 0 Å². The second kappa shape index (κ2) is 11.9. The lowest BCUT2D eigenvalue weighted by atomic mass is 10.1. The van der Waals surface area contributed by atoms with Crippen molar-refractivity contribution in [2.75, 3.05) is 47.8 Å². The molecule has 2 aliphatic heterocycles. The van der Waals surface area contributed by atoms with E-state index >= 15 is 8.78 Å². The standard InChI is InChI=1S/C22H24F4N6O5S/c23-15-7-13(31-9-14(37-22(31)36)1-2-17(34)19(25)26)8-16(24)18(15)30-4-3-27-32(6-5-30)21(35)29-20-28-12(10-33)11-38-20/h7-8,11,14,19,27,33H,1-6,9-10H2,(H,28,29,35)/t14-/m0/s1. The average molecular weight is 561 g/mol. The van der Waals surface area contributed by atoms with Gasteiger partial charge in [-0.15, -0.1) is 11.3 Å². The molecule has 2 fully saturated rings. The summed E-state index contributed by atoms with van der Waals surface area (Å²) in [6.45, 7) is 0.0902. The van der Waals surface area contributed by atoms with Crippen LogP contribution in [0, 0.1) is 11.6 Å². The lowest BCUT2D eigenvalue weighted by molar-refractivity contribution is -0.129. The molecule has 0 aliphatic carbocycles. The van der Waals surface area contributed by atoms with E-state index in [2.05, 4.69) is 15.7 Å². The van der Waals surface area contributed by atoms with E-state index in [0.717, 1.165) is 28.4 Å². The molecule has 2 aromatic rings. The first-order valence-corrected chi connectivity index (χ1v) is 12.4. The third-order valence-electron chi connectivity index (χ3n) is 5.91. The predicted molar refractivity (Wildman–Crippen MR) is 128 cm³/mol. The minimum atomic E-state index is -3.12. The van der Waals surface area contributed by atoms with E-state index in [0.29, 0.717) is 5.69 Å². The van der Waals surface area contributed by atoms with Gasteiger partial charge >= 0.3 is 12.1 Å². The summed E-state index contributed by atoms with van der Waals surface area (Å²) in [6, 6.07) is 1.41. The molecule has 0 saturated carbocycles. The third kappa shape index (κ3) is 6.31. The number of cyclic esters (lactones) is 1. The topological polar surface area (TPSA) is 127 Å². The number of alkyl halides is 2. The Labute approximate surface area is 217 Å². The van der Waals surface area contributed by atoms with Gasteiger partial charge in [0.05, 0.1) is 31.1 Å². The number of halogens is 4. The summed E-state index contributed by atoms with van der Waals surface area (Å²) < 4.78 is 60.0. The molecule has 3 amide bonds. The Morgan fingerprint density at radius 2 is 1.97 bits per heavy atom. The van der Waals surface area contributed by atoms with E-state index in [1.807, 2.05) is 0 Å². The highest BCUT2D eigenvalue weighted by Gasteiger charge is 2.34. The molecule has 0 bridgehead atoms. The van der Waals surface area contributed by atoms with Crippen molar-refractivity contribution >= 4 is 45.8 Å². The fourth-order valence-electron chi connectivity index (χ4n) is 4.03. The molecule has 1 atom stereocenters. The second-order valence-electron chi connectivity index (χ2n) is 8.46. The van der Waals surface area contributed by atoms with Gasteiger partial charge in [0, 0.05) is 43.6 Å². The van der Waals surface area contributed by atoms with Crippen LogP contribution in [-0.2, 0) is 16.1 Å². The van der Waals surface area contributed by atoms with E-state index in [1.165, 1.54) is 9.91 Å². The Morgan fingerprint density at radius 1 is 1.24 bits per heavy atom. The maximum atomic E-state index is 15.1. The van der Waals surface area contributed by atoms with Crippen LogP contribution in [0.4, 0.5) is 43.7 Å². The number of carbonyl (C=O) groups is 3. The number of thiazole rings is 1. The van der Waals surface area contributed by atoms with Gasteiger partial charge < -0.3 is 14.7 Å². The number of aromatic nitrogens is 1. The molecule has 1 aromatic heterocycles. The number of benzene rings is 1. The zero-order valence-electron chi connectivity index (χ0n) is 19.8. The molecule has 38 heavy (non-hydrogen) atoms. The molecule has 2 saturated heterocycles. The van der Waals surface area contributed by atoms with E-state index in [9.17, 15) is 23.2 Å². The Bertz CT molecular complexity index is 1180. The van der Waals surface area contributed by atoms with E-state index in [4.69, 9.17) is 9.84 Å². The number of urea groups is 1. The SMILES string of the molecule is O=C(CC[C@H]1CN(c2cc(F)c(N3CCNN(C(=O)Nc4nc(CO)cs4)CC3)c(F)c2)C(=O)O1)C(F)F. The number of nitrogens with zero attached hydrogens (tertiary/aromatic N) is 4. The number of hydrazine groups is 1. The maximum absolute atomic E-state index is 15.1. The Balaban J connectivity index is 1.38. The summed E-state index contributed by atoms with van der Waals surface area (Å²) in [7, 11) is 0. The van der Waals surface area contributed by atoms with E-state index < -0.39 is 48.5 Å². The molecular formula is C22H24F4N6O5S. The largest absolute Gasteiger partial charge is 0.444 e. The van der Waals surface area contributed by atoms with E-state index in [1.54, 1.807) is 5.38 Å². The Morgan fingerprint density at radius 3 is 2.63 bits per heavy atom. The number of hydrogen-bond acceptors (Lipinski definition) is 9. The van der Waals surface area contributed by atoms with Crippen molar-refractivity contribution in [3.8, 4) is 0 Å². The number of ketones is 1. The molecule has 0 unspecified atom stereocenters. The summed E-state index contributed by atoms with van der Waals surface area (Å²) in [5.74, 6) is -3.16. The van der Waals surface area contributed by atoms with Gasteiger partial charge in [0.15, 0.2) is 22.5 Å². The molecule has 2 aliphatic rings. The van der Waals surface area contributed by atoms with Crippen LogP contribution in [0.1, 0.15) is 18.5 Å². The fourth-order valence-corrected chi connectivity index (χ4v) is 4.72. The number of Topliss-reactive ketones (excluding diaryl/α,β-unsaturated/α-hetero) is 1. The van der Waals surface area contributed by atoms with Crippen molar-refractivity contribution in [3.05, 3.63) is 34.8 Å². The van der Waals surface area contributed by atoms with Gasteiger partial charge in [0.2, 0.25) is 0 Å². The molecular weight excluding hydrogens is 536 g/mol. The minimum Gasteiger partial charge on any atom is -0.444 e. The molecule has 4 rings (SSSR count). The molecule has 0 spiro atoms. The zero-order valence-corrected chi connectivity index (χ0v) is 20.6. The number of anilines is 3. The summed E-state index contributed by atoms with van der Waals surface area (Å²) in [5, 5.41) is 14.8. The van der Waals surface area contributed by atoms with Gasteiger partial charge in [-0.05, 0) is 6.42 Å². The quantitative estimate of drug-likeness (QED) is 0.421. The van der Waals surface area contributed by atoms with Crippen LogP contribution < -0.4 is 20.5 Å². The Hall–Kier alpha value is -3.50. The normalized spacial score (nSPS) is 18.1. The third-order valence-corrected chi connectivity index (χ3v) is 6.72. The van der Waals surface area contributed by atoms with Crippen molar-refractivity contribution < 1.29 is 41.8 Å². The average Bonchev–Trinajstić information content (AvgIpc) is 3.40. The first-order valence-electron chi connectivity index (χ1n) is 11.6. The van der Waals surface area contributed by atoms with Gasteiger partial charge in [-0.1, -0.05) is 0 Å². The number of amides is 3. The molecule has 1 aromatic carbocycles. The highest BCUT2D eigenvalue weighted by molar-refractivity contribution is 7.13. The smallest absolute Gasteiger partial charge is 0.414 e. The second-order valence-corrected chi connectivity index (χ2v) is 9.32. The monoisotopic (exact) mass is 560 g/mol. The summed E-state index contributed by atoms with van der Waals surface area (Å²) in [6.07, 6.45) is -5.52. The number of carbonyl (C=O) groups excluding carboxylic acids is 3. The molecule has 16 heteroatoms. The van der Waals surface area contributed by atoms with Crippen LogP contribution in [0.15, 0.2) is 17.5 Å². The number of nitrogens with one attached hydrogen (secondary N) is 2. The van der Waals surface area contributed by atoms with Crippen molar-refractivity contribution in [1.82, 2.24) is 15.4 Å². The van der Waals surface area contributed by atoms with Gasteiger partial charge in [-0.25, -0.2) is 37.6 Å². The first kappa shape index (κ1) is 27.5. The summed E-state index contributed by atoms with van der Waals surface area (Å²) >= 11 is 1.14. The summed E-state index contributed by atoms with van der Waals surface area (Å²) in [5.41, 5.74) is 2.84. The number of aliphatic hydroxyl groups is 1. The van der Waals surface area contributed by atoms with E-state index in [-0.39, 0.29) is 62.3 Å². The molecule has 0 radical (unpaired) electrons. The van der Waals surface area contributed by atoms with Crippen LogP contribution >= 0.6 is 11.3 Å². The number of hydrogen-bond donors (Lipinski definition) is 3. The number of rotatable bonds is 8. The van der Waals surface area contributed by atoms with Crippen LogP contribution in [0.25, 0.3) is 0 Å². The van der Waals surface area contributed by atoms with Crippen LogP contribution in [-0.4, -0.2) is 78.3 Å². The van der Waals surface area contributed by atoms with Gasteiger partial charge in [-0.2, -0.15) is 0 Å². The summed E-state index contributed by atoms with van der Waals surface area (Å²) in [4.78, 5) is 42.3. The minimum absolute atomic E-state index is 0.0716. The first-order chi connectivity index (χ1) is 18.2. The van der Waals surface area contributed by atoms with Crippen molar-refractivity contribution in [3.63, 3.8) is 0 Å². The molecule has 3 heterocycles. The fraction of sp³-hybridized carbons (Fsp3) is 0.455. The van der Waals surface area contributed by atoms with Gasteiger partial charge in [-0.3, -0.25) is 20.0 Å². The lowest BCUT2D eigenvalue weighted by Crippen LogP contribution is -2.46. The van der Waals surface area contributed by atoms with Crippen molar-refractivity contribution in [2.45, 2.75) is 32.0 Å². The van der Waals surface area contributed by atoms with Crippen molar-refractivity contribution in [2.24, 2.45) is 0 Å². The van der Waals surface area contributed by atoms with Crippen molar-refractivity contribution in [1.29, 1.82) is 0 Å². The van der Waals surface area contributed by atoms with Crippen LogP contribution in [0.5, 0.6) is 0 Å². The Kier molecular flexibility index (Phi) is 8.63. The number of aliphatic hydroxyl groups excluding tert-OH is 1. The molecule has 3 N–H and O–H groups in total. The highest BCUT2D eigenvalue weighted by Crippen LogP contribution is 2.32. The van der Waals surface area contributed by atoms with Gasteiger partial charge in [0.1, 0.15) is 11.8 Å². The van der Waals surface area contributed by atoms with Crippen LogP contribution in [0.2, 0.25) is 0 Å². The molecule has 11 nitrogen and oxygen atoms in total. The number of ether oxygens (including phenoxy) is 1. The maximum Gasteiger partial charge on any atom is 0.414 e. The lowest BCUT2D eigenvalue weighted by Gasteiger charge is -2.25. The zero-order chi connectivity index (χ0) is 27.4. The van der Waals surface area contributed by atoms with Gasteiger partial charge in [0.25, 0.3) is 6.43 Å².